The van der Waals surface area contributed by atoms with Gasteiger partial charge in [-0.25, -0.2) is 4.98 Å². The van der Waals surface area contributed by atoms with Gasteiger partial charge in [0.1, 0.15) is 5.75 Å². The molecule has 0 fully saturated rings. The summed E-state index contributed by atoms with van der Waals surface area (Å²) in [6.45, 7) is 0.635. The van der Waals surface area contributed by atoms with E-state index in [2.05, 4.69) is 4.98 Å². The summed E-state index contributed by atoms with van der Waals surface area (Å²) < 4.78 is 7.31. The van der Waals surface area contributed by atoms with Crippen LogP contribution in [-0.2, 0) is 6.54 Å². The van der Waals surface area contributed by atoms with Crippen molar-refractivity contribution in [3.63, 3.8) is 0 Å². The number of nitrogens with zero attached hydrogens (tertiary/aromatic N) is 2. The van der Waals surface area contributed by atoms with E-state index in [1.54, 1.807) is 7.11 Å². The number of benzene rings is 2. The number of ether oxygens (including phenoxy) is 1. The van der Waals surface area contributed by atoms with Crippen LogP contribution in [0.5, 0.6) is 5.75 Å². The summed E-state index contributed by atoms with van der Waals surface area (Å²) in [5, 5.41) is 0. The van der Waals surface area contributed by atoms with Crippen LogP contribution in [0.15, 0.2) is 60.8 Å². The highest BCUT2D eigenvalue weighted by atomic mass is 16.5. The Hall–Kier alpha value is -2.75. The monoisotopic (exact) mass is 279 g/mol. The second-order valence-corrected chi connectivity index (χ2v) is 4.79. The number of methoxy groups -OCH3 is 1. The van der Waals surface area contributed by atoms with Crippen molar-refractivity contribution in [2.24, 2.45) is 0 Å². The van der Waals surface area contributed by atoms with Gasteiger partial charge in [0.25, 0.3) is 0 Å². The van der Waals surface area contributed by atoms with Crippen LogP contribution >= 0.6 is 0 Å². The normalized spacial score (nSPS) is 10.5. The van der Waals surface area contributed by atoms with E-state index in [4.69, 9.17) is 10.5 Å². The number of hydrogen-bond donors (Lipinski definition) is 1. The standard InChI is InChI=1S/C17H17N3O/c1-21-16-10-6-5-9-14(16)11-20-12-15(19-17(20)18)13-7-3-2-4-8-13/h2-10,12H,11H2,1H3,(H2,18,19). The highest BCUT2D eigenvalue weighted by molar-refractivity contribution is 5.60. The molecule has 0 bridgehead atoms. The van der Waals surface area contributed by atoms with Crippen molar-refractivity contribution in [3.8, 4) is 17.0 Å². The number of imidazole rings is 1. The maximum atomic E-state index is 6.03. The van der Waals surface area contributed by atoms with Gasteiger partial charge in [0.15, 0.2) is 0 Å². The van der Waals surface area contributed by atoms with E-state index in [-0.39, 0.29) is 0 Å². The number of nitrogen functional groups attached to an aromatic ring is 1. The van der Waals surface area contributed by atoms with E-state index >= 15 is 0 Å². The summed E-state index contributed by atoms with van der Waals surface area (Å²) in [7, 11) is 1.67. The minimum atomic E-state index is 0.500. The van der Waals surface area contributed by atoms with E-state index in [0.717, 1.165) is 22.6 Å². The van der Waals surface area contributed by atoms with Gasteiger partial charge in [-0.3, -0.25) is 0 Å². The van der Waals surface area contributed by atoms with E-state index in [1.807, 2.05) is 65.4 Å². The SMILES string of the molecule is COc1ccccc1Cn1cc(-c2ccccc2)nc1N. The third kappa shape index (κ3) is 2.74. The topological polar surface area (TPSA) is 53.1 Å². The molecule has 2 aromatic carbocycles. The van der Waals surface area contributed by atoms with Crippen LogP contribution in [-0.4, -0.2) is 16.7 Å². The lowest BCUT2D eigenvalue weighted by Gasteiger charge is -2.09. The molecular formula is C17H17N3O. The summed E-state index contributed by atoms with van der Waals surface area (Å²) in [5.74, 6) is 1.35. The number of aromatic nitrogens is 2. The van der Waals surface area contributed by atoms with E-state index < -0.39 is 0 Å². The van der Waals surface area contributed by atoms with Crippen LogP contribution < -0.4 is 10.5 Å². The summed E-state index contributed by atoms with van der Waals surface area (Å²) in [5.41, 5.74) is 9.04. The van der Waals surface area contributed by atoms with Crippen LogP contribution in [0.1, 0.15) is 5.56 Å². The molecule has 1 aromatic heterocycles. The summed E-state index contributed by atoms with van der Waals surface area (Å²) in [6, 6.07) is 17.9. The van der Waals surface area contributed by atoms with Gasteiger partial charge in [0, 0.05) is 17.3 Å². The average Bonchev–Trinajstić information content (AvgIpc) is 2.90. The lowest BCUT2D eigenvalue weighted by Crippen LogP contribution is -2.04. The molecule has 0 spiro atoms. The Labute approximate surface area is 123 Å². The maximum absolute atomic E-state index is 6.03. The third-order valence-electron chi connectivity index (χ3n) is 3.41. The van der Waals surface area contributed by atoms with E-state index in [1.165, 1.54) is 0 Å². The van der Waals surface area contributed by atoms with Gasteiger partial charge in [-0.1, -0.05) is 48.5 Å². The third-order valence-corrected chi connectivity index (χ3v) is 3.41. The summed E-state index contributed by atoms with van der Waals surface area (Å²) in [6.07, 6.45) is 1.97. The Bertz CT molecular complexity index is 735. The number of nitrogens with two attached hydrogens (primary N) is 1. The largest absolute Gasteiger partial charge is 0.496 e. The van der Waals surface area contributed by atoms with Crippen molar-refractivity contribution in [2.75, 3.05) is 12.8 Å². The fourth-order valence-electron chi connectivity index (χ4n) is 2.32. The number of rotatable bonds is 4. The lowest BCUT2D eigenvalue weighted by molar-refractivity contribution is 0.408. The van der Waals surface area contributed by atoms with Crippen molar-refractivity contribution in [1.82, 2.24) is 9.55 Å². The zero-order chi connectivity index (χ0) is 14.7. The Morgan fingerprint density at radius 2 is 1.76 bits per heavy atom. The average molecular weight is 279 g/mol. The second-order valence-electron chi connectivity index (χ2n) is 4.79. The maximum Gasteiger partial charge on any atom is 0.201 e. The molecule has 0 saturated heterocycles. The molecule has 4 heteroatoms. The van der Waals surface area contributed by atoms with Crippen molar-refractivity contribution >= 4 is 5.95 Å². The fourth-order valence-corrected chi connectivity index (χ4v) is 2.32. The molecule has 0 aliphatic carbocycles. The van der Waals surface area contributed by atoms with Crippen LogP contribution in [0.3, 0.4) is 0 Å². The zero-order valence-corrected chi connectivity index (χ0v) is 11.9. The molecule has 0 unspecified atom stereocenters. The van der Waals surface area contributed by atoms with Crippen LogP contribution in [0.2, 0.25) is 0 Å². The first-order valence-electron chi connectivity index (χ1n) is 6.78. The molecule has 1 heterocycles. The molecule has 0 amide bonds. The fraction of sp³-hybridized carbons (Fsp3) is 0.118. The highest BCUT2D eigenvalue weighted by Crippen LogP contribution is 2.23. The molecular weight excluding hydrogens is 262 g/mol. The quantitative estimate of drug-likeness (QED) is 0.798. The smallest absolute Gasteiger partial charge is 0.201 e. The van der Waals surface area contributed by atoms with Crippen molar-refractivity contribution in [3.05, 3.63) is 66.4 Å². The molecule has 2 N–H and O–H groups in total. The van der Waals surface area contributed by atoms with E-state index in [0.29, 0.717) is 12.5 Å². The summed E-state index contributed by atoms with van der Waals surface area (Å²) >= 11 is 0. The van der Waals surface area contributed by atoms with Crippen molar-refractivity contribution < 1.29 is 4.74 Å². The molecule has 3 aromatic rings. The first kappa shape index (κ1) is 13.2. The van der Waals surface area contributed by atoms with Crippen LogP contribution in [0.25, 0.3) is 11.3 Å². The predicted molar refractivity (Wildman–Crippen MR) is 84.2 cm³/mol. The van der Waals surface area contributed by atoms with Crippen LogP contribution in [0, 0.1) is 0 Å². The molecule has 106 valence electrons. The molecule has 4 nitrogen and oxygen atoms in total. The lowest BCUT2D eigenvalue weighted by atomic mass is 10.2. The van der Waals surface area contributed by atoms with Gasteiger partial charge >= 0.3 is 0 Å². The van der Waals surface area contributed by atoms with Gasteiger partial charge in [-0.2, -0.15) is 0 Å². The minimum absolute atomic E-state index is 0.500. The Kier molecular flexibility index (Phi) is 3.60. The van der Waals surface area contributed by atoms with Crippen molar-refractivity contribution in [2.45, 2.75) is 6.54 Å². The molecule has 0 aliphatic heterocycles. The van der Waals surface area contributed by atoms with Gasteiger partial charge in [0.05, 0.1) is 19.3 Å². The molecule has 3 rings (SSSR count). The first-order chi connectivity index (χ1) is 10.3. The Balaban J connectivity index is 1.92. The Morgan fingerprint density at radius 3 is 2.52 bits per heavy atom. The minimum Gasteiger partial charge on any atom is -0.496 e. The highest BCUT2D eigenvalue weighted by Gasteiger charge is 2.09. The molecule has 21 heavy (non-hydrogen) atoms. The molecule has 0 radical (unpaired) electrons. The number of para-hydroxylation sites is 1. The van der Waals surface area contributed by atoms with Gasteiger partial charge in [-0.05, 0) is 6.07 Å². The molecule has 0 aliphatic rings. The molecule has 0 atom stereocenters. The molecule has 0 saturated carbocycles. The van der Waals surface area contributed by atoms with Crippen molar-refractivity contribution in [1.29, 1.82) is 0 Å². The van der Waals surface area contributed by atoms with Gasteiger partial charge in [0.2, 0.25) is 5.95 Å². The number of anilines is 1. The first-order valence-corrected chi connectivity index (χ1v) is 6.78. The second kappa shape index (κ2) is 5.71. The van der Waals surface area contributed by atoms with Gasteiger partial charge in [-0.15, -0.1) is 0 Å². The zero-order valence-electron chi connectivity index (χ0n) is 11.9. The number of hydrogen-bond acceptors (Lipinski definition) is 3. The predicted octanol–water partition coefficient (Wildman–Crippen LogP) is 3.19. The summed E-state index contributed by atoms with van der Waals surface area (Å²) in [4.78, 5) is 4.43. The Morgan fingerprint density at radius 1 is 1.05 bits per heavy atom. The van der Waals surface area contributed by atoms with Crippen LogP contribution in [0.4, 0.5) is 5.95 Å². The van der Waals surface area contributed by atoms with E-state index in [9.17, 15) is 0 Å². The van der Waals surface area contributed by atoms with Gasteiger partial charge < -0.3 is 15.0 Å².